The second-order valence-electron chi connectivity index (χ2n) is 6.23. The average Bonchev–Trinajstić information content (AvgIpc) is 3.02. The molecule has 1 aliphatic rings. The maximum Gasteiger partial charge on any atom is 0.417 e. The Kier molecular flexibility index (Phi) is 4.29. The first-order valence-corrected chi connectivity index (χ1v) is 8.57. The highest BCUT2D eigenvalue weighted by Gasteiger charge is 2.32. The van der Waals surface area contributed by atoms with Gasteiger partial charge in [0, 0.05) is 39.4 Å². The zero-order valence-corrected chi connectivity index (χ0v) is 15.0. The van der Waals surface area contributed by atoms with Crippen LogP contribution in [-0.2, 0) is 13.2 Å². The molecule has 1 aliphatic heterocycles. The first-order valence-electron chi connectivity index (χ1n) is 8.19. The second-order valence-corrected chi connectivity index (χ2v) is 6.63. The van der Waals surface area contributed by atoms with Crippen LogP contribution in [0.15, 0.2) is 24.9 Å². The van der Waals surface area contributed by atoms with E-state index in [0.717, 1.165) is 23.6 Å². The number of aromatic nitrogens is 5. The maximum atomic E-state index is 12.8. The summed E-state index contributed by atoms with van der Waals surface area (Å²) in [5.41, 5.74) is 0.614. The Bertz CT molecular complexity index is 980. The molecule has 0 N–H and O–H groups in total. The molecule has 7 nitrogen and oxygen atoms in total. The Morgan fingerprint density at radius 3 is 2.26 bits per heavy atom. The fourth-order valence-corrected chi connectivity index (χ4v) is 3.44. The van der Waals surface area contributed by atoms with Crippen molar-refractivity contribution < 1.29 is 13.2 Å². The quantitative estimate of drug-likeness (QED) is 0.662. The van der Waals surface area contributed by atoms with Crippen LogP contribution in [0.2, 0.25) is 5.02 Å². The monoisotopic (exact) mass is 397 g/mol. The van der Waals surface area contributed by atoms with Crippen LogP contribution in [0.1, 0.15) is 5.56 Å². The van der Waals surface area contributed by atoms with Crippen LogP contribution in [0.25, 0.3) is 11.2 Å². The van der Waals surface area contributed by atoms with Crippen molar-refractivity contribution in [2.24, 2.45) is 7.05 Å². The maximum absolute atomic E-state index is 12.8. The molecule has 142 valence electrons. The van der Waals surface area contributed by atoms with Crippen molar-refractivity contribution in [1.29, 1.82) is 0 Å². The van der Waals surface area contributed by atoms with Crippen LogP contribution in [0.4, 0.5) is 24.8 Å². The zero-order valence-electron chi connectivity index (χ0n) is 14.3. The number of nitrogens with zero attached hydrogens (tertiary/aromatic N) is 7. The third-order valence-corrected chi connectivity index (χ3v) is 4.80. The van der Waals surface area contributed by atoms with Gasteiger partial charge < -0.3 is 14.4 Å². The van der Waals surface area contributed by atoms with Gasteiger partial charge in [-0.15, -0.1) is 0 Å². The van der Waals surface area contributed by atoms with Crippen LogP contribution in [0, 0.1) is 0 Å². The number of piperazine rings is 1. The van der Waals surface area contributed by atoms with Gasteiger partial charge in [-0.05, 0) is 6.07 Å². The highest BCUT2D eigenvalue weighted by atomic mass is 35.5. The van der Waals surface area contributed by atoms with Crippen LogP contribution in [0.3, 0.4) is 0 Å². The molecule has 1 fully saturated rings. The van der Waals surface area contributed by atoms with Crippen molar-refractivity contribution in [2.45, 2.75) is 6.18 Å². The molecule has 3 aromatic heterocycles. The molecule has 0 bridgehead atoms. The number of anilines is 2. The molecule has 4 rings (SSSR count). The Balaban J connectivity index is 1.53. The lowest BCUT2D eigenvalue weighted by Crippen LogP contribution is -2.47. The number of aryl methyl sites for hydroxylation is 1. The lowest BCUT2D eigenvalue weighted by molar-refractivity contribution is -0.137. The van der Waals surface area contributed by atoms with Crippen LogP contribution >= 0.6 is 11.6 Å². The summed E-state index contributed by atoms with van der Waals surface area (Å²) in [5.74, 6) is 1.14. The smallest absolute Gasteiger partial charge is 0.352 e. The number of halogens is 4. The largest absolute Gasteiger partial charge is 0.417 e. The summed E-state index contributed by atoms with van der Waals surface area (Å²) < 4.78 is 40.2. The van der Waals surface area contributed by atoms with Crippen molar-refractivity contribution in [3.63, 3.8) is 0 Å². The van der Waals surface area contributed by atoms with Crippen molar-refractivity contribution in [3.8, 4) is 0 Å². The van der Waals surface area contributed by atoms with E-state index in [9.17, 15) is 13.2 Å². The van der Waals surface area contributed by atoms with Crippen molar-refractivity contribution >= 4 is 34.4 Å². The topological polar surface area (TPSA) is 63.0 Å². The number of fused-ring (bicyclic) bond motifs is 1. The molecular weight excluding hydrogens is 383 g/mol. The predicted molar refractivity (Wildman–Crippen MR) is 95.0 cm³/mol. The van der Waals surface area contributed by atoms with Crippen molar-refractivity contribution in [3.05, 3.63) is 35.5 Å². The number of alkyl halides is 3. The molecule has 0 atom stereocenters. The van der Waals surface area contributed by atoms with Gasteiger partial charge in [-0.2, -0.15) is 13.2 Å². The van der Waals surface area contributed by atoms with Gasteiger partial charge in [-0.25, -0.2) is 19.9 Å². The van der Waals surface area contributed by atoms with Gasteiger partial charge in [0.2, 0.25) is 0 Å². The SMILES string of the molecule is Cn1cnc2ncnc(N3CCN(c4ncc(C(F)(F)F)cc4Cl)CC3)c21. The normalized spacial score (nSPS) is 15.6. The van der Waals surface area contributed by atoms with E-state index in [1.54, 1.807) is 6.33 Å². The fraction of sp³-hybridized carbons (Fsp3) is 0.375. The van der Waals surface area contributed by atoms with E-state index >= 15 is 0 Å². The molecular formula is C16H15ClF3N7. The predicted octanol–water partition coefficient (Wildman–Crippen LogP) is 2.76. The summed E-state index contributed by atoms with van der Waals surface area (Å²) in [4.78, 5) is 20.7. The first kappa shape index (κ1) is 17.8. The highest BCUT2D eigenvalue weighted by Crippen LogP contribution is 2.34. The van der Waals surface area contributed by atoms with Gasteiger partial charge in [-0.1, -0.05) is 11.6 Å². The van der Waals surface area contributed by atoms with E-state index in [-0.39, 0.29) is 5.02 Å². The minimum absolute atomic E-state index is 0.00524. The number of hydrogen-bond donors (Lipinski definition) is 0. The Labute approximate surface area is 157 Å². The molecule has 0 spiro atoms. The summed E-state index contributed by atoms with van der Waals surface area (Å²) in [6.45, 7) is 2.36. The lowest BCUT2D eigenvalue weighted by atomic mass is 10.2. The van der Waals surface area contributed by atoms with E-state index in [4.69, 9.17) is 11.6 Å². The van der Waals surface area contributed by atoms with Gasteiger partial charge in [0.1, 0.15) is 17.7 Å². The summed E-state index contributed by atoms with van der Waals surface area (Å²) >= 11 is 6.06. The third-order valence-electron chi connectivity index (χ3n) is 4.52. The van der Waals surface area contributed by atoms with E-state index < -0.39 is 11.7 Å². The Morgan fingerprint density at radius 2 is 1.63 bits per heavy atom. The molecule has 0 aromatic carbocycles. The molecule has 0 saturated carbocycles. The molecule has 0 aliphatic carbocycles. The fourth-order valence-electron chi connectivity index (χ4n) is 3.15. The Hall–Kier alpha value is -2.62. The summed E-state index contributed by atoms with van der Waals surface area (Å²) in [6.07, 6.45) is -0.483. The number of imidazole rings is 1. The van der Waals surface area contributed by atoms with Crippen molar-refractivity contribution in [2.75, 3.05) is 36.0 Å². The van der Waals surface area contributed by atoms with E-state index in [2.05, 4.69) is 24.8 Å². The minimum Gasteiger partial charge on any atom is -0.352 e. The van der Waals surface area contributed by atoms with Crippen LogP contribution in [0.5, 0.6) is 0 Å². The highest BCUT2D eigenvalue weighted by molar-refractivity contribution is 6.33. The van der Waals surface area contributed by atoms with E-state index in [1.807, 2.05) is 16.5 Å². The third kappa shape index (κ3) is 3.25. The number of pyridine rings is 1. The first-order chi connectivity index (χ1) is 12.8. The van der Waals surface area contributed by atoms with Gasteiger partial charge in [0.15, 0.2) is 11.5 Å². The molecule has 4 heterocycles. The summed E-state index contributed by atoms with van der Waals surface area (Å²) in [6, 6.07) is 0.917. The minimum atomic E-state index is -4.46. The molecule has 3 aromatic rings. The molecule has 1 saturated heterocycles. The number of hydrogen-bond acceptors (Lipinski definition) is 6. The summed E-state index contributed by atoms with van der Waals surface area (Å²) in [7, 11) is 1.88. The van der Waals surface area contributed by atoms with E-state index in [1.165, 1.54) is 6.33 Å². The van der Waals surface area contributed by atoms with Gasteiger partial charge in [0.25, 0.3) is 0 Å². The second kappa shape index (κ2) is 6.52. The number of rotatable bonds is 2. The molecule has 11 heteroatoms. The molecule has 0 amide bonds. The lowest BCUT2D eigenvalue weighted by Gasteiger charge is -2.36. The molecule has 27 heavy (non-hydrogen) atoms. The van der Waals surface area contributed by atoms with Crippen molar-refractivity contribution in [1.82, 2.24) is 24.5 Å². The standard InChI is InChI=1S/C16H15ClF3N7/c1-25-9-24-13-12(25)15(23-8-22-13)27-4-2-26(3-5-27)14-11(17)6-10(7-21-14)16(18,19)20/h6-9H,2-5H2,1H3. The average molecular weight is 398 g/mol. The van der Waals surface area contributed by atoms with Gasteiger partial charge >= 0.3 is 6.18 Å². The Morgan fingerprint density at radius 1 is 0.963 bits per heavy atom. The molecule has 0 unspecified atom stereocenters. The van der Waals surface area contributed by atoms with Gasteiger partial charge in [0.05, 0.1) is 16.9 Å². The molecule has 0 radical (unpaired) electrons. The summed E-state index contributed by atoms with van der Waals surface area (Å²) in [5, 5.41) is -0.00524. The zero-order chi connectivity index (χ0) is 19.2. The van der Waals surface area contributed by atoms with Crippen LogP contribution in [-0.4, -0.2) is 50.7 Å². The van der Waals surface area contributed by atoms with Crippen LogP contribution < -0.4 is 9.80 Å². The van der Waals surface area contributed by atoms with Gasteiger partial charge in [-0.3, -0.25) is 0 Å². The van der Waals surface area contributed by atoms with E-state index in [0.29, 0.717) is 37.6 Å².